The Labute approximate surface area is 82.9 Å². The molecule has 1 aromatic carbocycles. The molecule has 1 heterocycles. The zero-order valence-electron chi connectivity index (χ0n) is 7.45. The lowest BCUT2D eigenvalue weighted by Gasteiger charge is -2.10. The van der Waals surface area contributed by atoms with Gasteiger partial charge in [0.2, 0.25) is 6.10 Å². The molecule has 0 unspecified atom stereocenters. The summed E-state index contributed by atoms with van der Waals surface area (Å²) in [7, 11) is 0. The molecule has 0 aliphatic carbocycles. The predicted molar refractivity (Wildman–Crippen MR) is 47.2 cm³/mol. The molecule has 80 valence electrons. The Morgan fingerprint density at radius 3 is 2.47 bits per heavy atom. The fourth-order valence-corrected chi connectivity index (χ4v) is 1.30. The van der Waals surface area contributed by atoms with Crippen LogP contribution in [0, 0.1) is 0 Å². The maximum atomic E-state index is 12.2. The number of aliphatic hydroxyl groups excluding tert-OH is 1. The van der Waals surface area contributed by atoms with Crippen molar-refractivity contribution < 1.29 is 22.7 Å². The maximum absolute atomic E-state index is 12.2. The van der Waals surface area contributed by atoms with E-state index in [2.05, 4.69) is 0 Å². The van der Waals surface area contributed by atoms with Gasteiger partial charge in [0.1, 0.15) is 11.3 Å². The molecule has 0 spiro atoms. The van der Waals surface area contributed by atoms with Gasteiger partial charge in [-0.25, -0.2) is 0 Å². The van der Waals surface area contributed by atoms with Crippen molar-refractivity contribution in [3.8, 4) is 0 Å². The van der Waals surface area contributed by atoms with Crippen LogP contribution in [0.3, 0.4) is 0 Å². The summed E-state index contributed by atoms with van der Waals surface area (Å²) in [6.45, 7) is 0. The number of hydrogen-bond acceptors (Lipinski definition) is 2. The van der Waals surface area contributed by atoms with Crippen molar-refractivity contribution in [1.29, 1.82) is 0 Å². The zero-order valence-corrected chi connectivity index (χ0v) is 7.45. The smallest absolute Gasteiger partial charge is 0.421 e. The Balaban J connectivity index is 2.45. The van der Waals surface area contributed by atoms with Gasteiger partial charge in [0.15, 0.2) is 0 Å². The predicted octanol–water partition coefficient (Wildman–Crippen LogP) is 3.03. The Morgan fingerprint density at radius 1 is 1.20 bits per heavy atom. The topological polar surface area (TPSA) is 33.4 Å². The molecule has 1 atom stereocenters. The number of alkyl halides is 3. The van der Waals surface area contributed by atoms with Crippen molar-refractivity contribution in [2.75, 3.05) is 0 Å². The molecule has 0 aliphatic heterocycles. The molecule has 1 aromatic heterocycles. The second-order valence-electron chi connectivity index (χ2n) is 3.13. The maximum Gasteiger partial charge on any atom is 0.421 e. The van der Waals surface area contributed by atoms with E-state index >= 15 is 0 Å². The van der Waals surface area contributed by atoms with Gasteiger partial charge in [0, 0.05) is 5.39 Å². The van der Waals surface area contributed by atoms with E-state index in [9.17, 15) is 13.2 Å². The molecule has 0 amide bonds. The molecule has 0 aliphatic rings. The van der Waals surface area contributed by atoms with E-state index in [-0.39, 0.29) is 0 Å². The number of rotatable bonds is 1. The lowest BCUT2D eigenvalue weighted by atomic mass is 10.2. The van der Waals surface area contributed by atoms with Crippen LogP contribution in [-0.2, 0) is 0 Å². The minimum atomic E-state index is -4.70. The summed E-state index contributed by atoms with van der Waals surface area (Å²) in [5.41, 5.74) is 0.329. The Bertz CT molecular complexity index is 440. The fourth-order valence-electron chi connectivity index (χ4n) is 1.30. The average molecular weight is 216 g/mol. The van der Waals surface area contributed by atoms with E-state index in [0.717, 1.165) is 0 Å². The number of furan rings is 1. The van der Waals surface area contributed by atoms with Crippen LogP contribution in [0.25, 0.3) is 11.0 Å². The second kappa shape index (κ2) is 3.27. The molecular formula is C10H7F3O2. The van der Waals surface area contributed by atoms with Crippen molar-refractivity contribution >= 4 is 11.0 Å². The summed E-state index contributed by atoms with van der Waals surface area (Å²) >= 11 is 0. The summed E-state index contributed by atoms with van der Waals surface area (Å²) in [5, 5.41) is 9.48. The highest BCUT2D eigenvalue weighted by Crippen LogP contribution is 2.34. The Hall–Kier alpha value is -1.49. The zero-order chi connectivity index (χ0) is 11.1. The number of hydrogen-bond donors (Lipinski definition) is 1. The monoisotopic (exact) mass is 216 g/mol. The third kappa shape index (κ3) is 1.83. The molecule has 1 N–H and O–H groups in total. The average Bonchev–Trinajstić information content (AvgIpc) is 2.58. The highest BCUT2D eigenvalue weighted by Gasteiger charge is 2.41. The highest BCUT2D eigenvalue weighted by atomic mass is 19.4. The van der Waals surface area contributed by atoms with Gasteiger partial charge >= 0.3 is 6.18 Å². The minimum absolute atomic E-state index is 0.329. The van der Waals surface area contributed by atoms with Crippen LogP contribution >= 0.6 is 0 Å². The van der Waals surface area contributed by atoms with Gasteiger partial charge in [-0.15, -0.1) is 0 Å². The van der Waals surface area contributed by atoms with Crippen LogP contribution in [0.5, 0.6) is 0 Å². The lowest BCUT2D eigenvalue weighted by molar-refractivity contribution is -0.211. The number of fused-ring (bicyclic) bond motifs is 1. The molecule has 2 aromatic rings. The molecule has 2 nitrogen and oxygen atoms in total. The van der Waals surface area contributed by atoms with Crippen molar-refractivity contribution in [3.63, 3.8) is 0 Å². The first-order valence-electron chi connectivity index (χ1n) is 4.22. The molecule has 2 rings (SSSR count). The number of benzene rings is 1. The Kier molecular flexibility index (Phi) is 2.19. The van der Waals surface area contributed by atoms with Crippen molar-refractivity contribution in [3.05, 3.63) is 36.1 Å². The fraction of sp³-hybridized carbons (Fsp3) is 0.200. The number of para-hydroxylation sites is 1. The van der Waals surface area contributed by atoms with Gasteiger partial charge in [-0.1, -0.05) is 18.2 Å². The first kappa shape index (κ1) is 10.0. The SMILES string of the molecule is O[C@H](c1cc2ccccc2o1)C(F)(F)F. The van der Waals surface area contributed by atoms with Gasteiger partial charge in [-0.2, -0.15) is 13.2 Å². The van der Waals surface area contributed by atoms with Crippen molar-refractivity contribution in [2.45, 2.75) is 12.3 Å². The van der Waals surface area contributed by atoms with Crippen LogP contribution in [0.15, 0.2) is 34.7 Å². The third-order valence-electron chi connectivity index (χ3n) is 2.02. The summed E-state index contributed by atoms with van der Waals surface area (Å²) in [6.07, 6.45) is -7.27. The van der Waals surface area contributed by atoms with Gasteiger partial charge in [-0.3, -0.25) is 0 Å². The second-order valence-corrected chi connectivity index (χ2v) is 3.13. The molecule has 0 saturated carbocycles. The molecule has 0 fully saturated rings. The quantitative estimate of drug-likeness (QED) is 0.794. The lowest BCUT2D eigenvalue weighted by Crippen LogP contribution is -2.19. The standard InChI is InChI=1S/C10H7F3O2/c11-10(12,13)9(14)8-5-6-3-1-2-4-7(6)15-8/h1-5,9,14H/t9-/m1/s1. The normalized spacial score (nSPS) is 14.4. The highest BCUT2D eigenvalue weighted by molar-refractivity contribution is 5.77. The van der Waals surface area contributed by atoms with Gasteiger partial charge in [0.05, 0.1) is 0 Å². The van der Waals surface area contributed by atoms with Crippen LogP contribution < -0.4 is 0 Å². The summed E-state index contributed by atoms with van der Waals surface area (Å²) < 4.78 is 41.3. The van der Waals surface area contributed by atoms with Crippen molar-refractivity contribution in [1.82, 2.24) is 0 Å². The van der Waals surface area contributed by atoms with Crippen LogP contribution in [0.2, 0.25) is 0 Å². The minimum Gasteiger partial charge on any atom is -0.458 e. The summed E-state index contributed by atoms with van der Waals surface area (Å²) in [5.74, 6) is -0.483. The van der Waals surface area contributed by atoms with Crippen LogP contribution in [0.1, 0.15) is 11.9 Å². The van der Waals surface area contributed by atoms with Crippen LogP contribution in [0.4, 0.5) is 13.2 Å². The first-order chi connectivity index (χ1) is 6.98. The van der Waals surface area contributed by atoms with E-state index in [1.807, 2.05) is 0 Å². The van der Waals surface area contributed by atoms with Crippen LogP contribution in [-0.4, -0.2) is 11.3 Å². The van der Waals surface area contributed by atoms with Crippen molar-refractivity contribution in [2.24, 2.45) is 0 Å². The van der Waals surface area contributed by atoms with E-state index < -0.39 is 18.0 Å². The van der Waals surface area contributed by atoms with E-state index in [0.29, 0.717) is 11.0 Å². The largest absolute Gasteiger partial charge is 0.458 e. The van der Waals surface area contributed by atoms with E-state index in [1.54, 1.807) is 24.3 Å². The molecule has 5 heteroatoms. The molecule has 0 radical (unpaired) electrons. The van der Waals surface area contributed by atoms with E-state index in [1.165, 1.54) is 6.07 Å². The molecule has 15 heavy (non-hydrogen) atoms. The molecular weight excluding hydrogens is 209 g/mol. The van der Waals surface area contributed by atoms with Gasteiger partial charge in [0.25, 0.3) is 0 Å². The molecule has 0 saturated heterocycles. The summed E-state index contributed by atoms with van der Waals surface area (Å²) in [4.78, 5) is 0. The Morgan fingerprint density at radius 2 is 1.87 bits per heavy atom. The van der Waals surface area contributed by atoms with Gasteiger partial charge < -0.3 is 9.52 Å². The number of aliphatic hydroxyl groups is 1. The van der Waals surface area contributed by atoms with E-state index in [4.69, 9.17) is 9.52 Å². The first-order valence-corrected chi connectivity index (χ1v) is 4.22. The third-order valence-corrected chi connectivity index (χ3v) is 2.02. The number of halogens is 3. The summed E-state index contributed by atoms with van der Waals surface area (Å²) in [6, 6.07) is 7.68. The van der Waals surface area contributed by atoms with Gasteiger partial charge in [-0.05, 0) is 12.1 Å². The molecule has 0 bridgehead atoms.